The van der Waals surface area contributed by atoms with E-state index < -0.39 is 23.9 Å². The number of allylic oxidation sites excluding steroid dienone is 1. The summed E-state index contributed by atoms with van der Waals surface area (Å²) in [7, 11) is 0. The van der Waals surface area contributed by atoms with Crippen molar-refractivity contribution in [1.29, 1.82) is 0 Å². The van der Waals surface area contributed by atoms with Gasteiger partial charge in [0.1, 0.15) is 6.04 Å². The first kappa shape index (κ1) is 16.8. The Hall–Kier alpha value is -3.03. The minimum Gasteiger partial charge on any atom is -0.463 e. The van der Waals surface area contributed by atoms with Crippen LogP contribution >= 0.6 is 0 Å². The lowest BCUT2D eigenvalue weighted by molar-refractivity contribution is -0.139. The van der Waals surface area contributed by atoms with Crippen LogP contribution in [0.25, 0.3) is 0 Å². The average molecular weight is 346 g/mol. The van der Waals surface area contributed by atoms with E-state index in [2.05, 4.69) is 5.32 Å². The summed E-state index contributed by atoms with van der Waals surface area (Å²) in [5.41, 5.74) is 1.11. The van der Waals surface area contributed by atoms with Gasteiger partial charge >= 0.3 is 12.0 Å². The number of nitrogens with zero attached hydrogens (tertiary/aromatic N) is 1. The largest absolute Gasteiger partial charge is 0.463 e. The molecule has 3 amide bonds. The number of nitrogens with one attached hydrogen (secondary N) is 1. The maximum atomic E-state index is 12.5. The lowest BCUT2D eigenvalue weighted by atomic mass is 9.93. The topological polar surface area (TPSA) is 94.2 Å². The summed E-state index contributed by atoms with van der Waals surface area (Å²) in [5, 5.41) is 2.54. The van der Waals surface area contributed by atoms with Crippen LogP contribution in [0.3, 0.4) is 0 Å². The van der Waals surface area contributed by atoms with E-state index in [0.717, 1.165) is 4.90 Å². The monoisotopic (exact) mass is 346 g/mol. The van der Waals surface area contributed by atoms with E-state index in [9.17, 15) is 14.4 Å². The molecule has 0 bridgehead atoms. The Labute approximate surface area is 144 Å². The van der Waals surface area contributed by atoms with E-state index in [-0.39, 0.29) is 19.0 Å². The lowest BCUT2D eigenvalue weighted by Crippen LogP contribution is -2.50. The van der Waals surface area contributed by atoms with E-state index in [1.165, 1.54) is 6.92 Å². The first-order valence-corrected chi connectivity index (χ1v) is 7.82. The molecule has 0 saturated heterocycles. The molecule has 3 rings (SSSR count). The van der Waals surface area contributed by atoms with Crippen molar-refractivity contribution in [2.75, 3.05) is 13.4 Å². The molecular formula is C17H18N2O6. The van der Waals surface area contributed by atoms with Crippen molar-refractivity contribution < 1.29 is 28.6 Å². The van der Waals surface area contributed by atoms with Crippen molar-refractivity contribution in [3.63, 3.8) is 0 Å². The highest BCUT2D eigenvalue weighted by Gasteiger charge is 2.41. The van der Waals surface area contributed by atoms with Crippen molar-refractivity contribution in [1.82, 2.24) is 10.2 Å². The molecule has 0 radical (unpaired) electrons. The van der Waals surface area contributed by atoms with Gasteiger partial charge in [-0.2, -0.15) is 0 Å². The van der Waals surface area contributed by atoms with Crippen molar-refractivity contribution in [2.24, 2.45) is 0 Å². The number of benzene rings is 1. The molecular weight excluding hydrogens is 328 g/mol. The second-order valence-electron chi connectivity index (χ2n) is 5.59. The number of hydrogen-bond acceptors (Lipinski definition) is 6. The van der Waals surface area contributed by atoms with Gasteiger partial charge in [-0.1, -0.05) is 6.07 Å². The number of ether oxygens (including phenoxy) is 3. The summed E-state index contributed by atoms with van der Waals surface area (Å²) in [6, 6.07) is 3.54. The molecule has 132 valence electrons. The first-order chi connectivity index (χ1) is 11.9. The zero-order chi connectivity index (χ0) is 18.1. The Morgan fingerprint density at radius 1 is 1.32 bits per heavy atom. The van der Waals surface area contributed by atoms with E-state index in [1.54, 1.807) is 32.0 Å². The Bertz CT molecular complexity index is 785. The number of urea groups is 1. The molecule has 2 aliphatic heterocycles. The van der Waals surface area contributed by atoms with Crippen molar-refractivity contribution >= 4 is 17.9 Å². The quantitative estimate of drug-likeness (QED) is 0.840. The maximum absolute atomic E-state index is 12.5. The van der Waals surface area contributed by atoms with Crippen LogP contribution in [0.5, 0.6) is 11.5 Å². The summed E-state index contributed by atoms with van der Waals surface area (Å²) in [4.78, 5) is 37.9. The molecule has 0 aromatic heterocycles. The van der Waals surface area contributed by atoms with Crippen LogP contribution in [0, 0.1) is 0 Å². The fraction of sp³-hybridized carbons (Fsp3) is 0.353. The zero-order valence-corrected chi connectivity index (χ0v) is 14.1. The molecule has 0 aliphatic carbocycles. The van der Waals surface area contributed by atoms with Gasteiger partial charge in [0.15, 0.2) is 11.5 Å². The molecule has 8 nitrogen and oxygen atoms in total. The highest BCUT2D eigenvalue weighted by molar-refractivity contribution is 6.01. The SMILES string of the molecule is CCOC(=O)C1=C(C)NC(=O)N(C(C)=O)[C@@H]1c1ccc2c(c1)OCO2. The van der Waals surface area contributed by atoms with E-state index in [1.807, 2.05) is 0 Å². The second-order valence-corrected chi connectivity index (χ2v) is 5.59. The summed E-state index contributed by atoms with van der Waals surface area (Å²) in [6.45, 7) is 4.83. The lowest BCUT2D eigenvalue weighted by Gasteiger charge is -2.35. The van der Waals surface area contributed by atoms with Gasteiger partial charge in [-0.3, -0.25) is 9.69 Å². The summed E-state index contributed by atoms with van der Waals surface area (Å²) >= 11 is 0. The Morgan fingerprint density at radius 2 is 2.04 bits per heavy atom. The molecule has 0 fully saturated rings. The normalized spacial score (nSPS) is 18.9. The van der Waals surface area contributed by atoms with Crippen molar-refractivity contribution in [3.05, 3.63) is 35.0 Å². The number of imide groups is 1. The molecule has 0 spiro atoms. The molecule has 2 aliphatic rings. The predicted octanol–water partition coefficient (Wildman–Crippen LogP) is 1.87. The third kappa shape index (κ3) is 2.90. The minimum atomic E-state index is -0.903. The molecule has 1 aromatic carbocycles. The van der Waals surface area contributed by atoms with E-state index >= 15 is 0 Å². The highest BCUT2D eigenvalue weighted by Crippen LogP contribution is 2.40. The third-order valence-corrected chi connectivity index (χ3v) is 4.00. The standard InChI is InChI=1S/C17H18N2O6/c1-4-23-16(21)14-9(2)18-17(22)19(10(3)20)15(14)11-5-6-12-13(7-11)25-8-24-12/h5-7,15H,4,8H2,1-3H3,(H,18,22)/t15-/m1/s1. The number of carbonyl (C=O) groups is 3. The van der Waals surface area contributed by atoms with Gasteiger partial charge in [0.25, 0.3) is 0 Å². The van der Waals surface area contributed by atoms with Crippen LogP contribution in [-0.4, -0.2) is 36.2 Å². The number of amides is 3. The fourth-order valence-corrected chi connectivity index (χ4v) is 2.94. The van der Waals surface area contributed by atoms with Gasteiger partial charge < -0.3 is 19.5 Å². The molecule has 1 N–H and O–H groups in total. The number of hydrogen-bond donors (Lipinski definition) is 1. The van der Waals surface area contributed by atoms with Gasteiger partial charge in [0, 0.05) is 12.6 Å². The molecule has 0 saturated carbocycles. The van der Waals surface area contributed by atoms with Crippen LogP contribution in [0.15, 0.2) is 29.5 Å². The third-order valence-electron chi connectivity index (χ3n) is 4.00. The van der Waals surface area contributed by atoms with Crippen LogP contribution in [0.1, 0.15) is 32.4 Å². The zero-order valence-electron chi connectivity index (χ0n) is 14.1. The smallest absolute Gasteiger partial charge is 0.338 e. The number of carbonyl (C=O) groups excluding carboxylic acids is 3. The number of esters is 1. The number of fused-ring (bicyclic) bond motifs is 1. The number of rotatable bonds is 3. The molecule has 25 heavy (non-hydrogen) atoms. The van der Waals surface area contributed by atoms with Crippen molar-refractivity contribution in [3.8, 4) is 11.5 Å². The van der Waals surface area contributed by atoms with E-state index in [0.29, 0.717) is 22.8 Å². The molecule has 1 atom stereocenters. The first-order valence-electron chi connectivity index (χ1n) is 7.82. The van der Waals surface area contributed by atoms with Crippen LogP contribution in [0.2, 0.25) is 0 Å². The predicted molar refractivity (Wildman–Crippen MR) is 85.7 cm³/mol. The van der Waals surface area contributed by atoms with Crippen molar-refractivity contribution in [2.45, 2.75) is 26.8 Å². The highest BCUT2D eigenvalue weighted by atomic mass is 16.7. The summed E-state index contributed by atoms with van der Waals surface area (Å²) in [6.07, 6.45) is 0. The Morgan fingerprint density at radius 3 is 2.72 bits per heavy atom. The molecule has 2 heterocycles. The van der Waals surface area contributed by atoms with Gasteiger partial charge in [-0.25, -0.2) is 9.59 Å². The summed E-state index contributed by atoms with van der Waals surface area (Å²) in [5.74, 6) is -0.0204. The molecule has 8 heteroatoms. The van der Waals surface area contributed by atoms with E-state index in [4.69, 9.17) is 14.2 Å². The fourth-order valence-electron chi connectivity index (χ4n) is 2.94. The average Bonchev–Trinajstić information content (AvgIpc) is 3.01. The Kier molecular flexibility index (Phi) is 4.35. The van der Waals surface area contributed by atoms with Gasteiger partial charge in [0.05, 0.1) is 12.2 Å². The minimum absolute atomic E-state index is 0.0972. The summed E-state index contributed by atoms with van der Waals surface area (Å²) < 4.78 is 15.8. The van der Waals surface area contributed by atoms with Gasteiger partial charge in [0.2, 0.25) is 12.7 Å². The molecule has 1 aromatic rings. The van der Waals surface area contributed by atoms with Crippen LogP contribution in [0.4, 0.5) is 4.79 Å². The van der Waals surface area contributed by atoms with Gasteiger partial charge in [-0.05, 0) is 31.5 Å². The van der Waals surface area contributed by atoms with Crippen LogP contribution in [-0.2, 0) is 14.3 Å². The molecule has 0 unspecified atom stereocenters. The second kappa shape index (κ2) is 6.46. The van der Waals surface area contributed by atoms with Gasteiger partial charge in [-0.15, -0.1) is 0 Å². The van der Waals surface area contributed by atoms with Crippen LogP contribution < -0.4 is 14.8 Å². The Balaban J connectivity index is 2.14. The maximum Gasteiger partial charge on any atom is 0.338 e.